The molecule has 0 aromatic carbocycles. The lowest BCUT2D eigenvalue weighted by Gasteiger charge is -2.21. The Morgan fingerprint density at radius 1 is 1.42 bits per heavy atom. The highest BCUT2D eigenvalue weighted by molar-refractivity contribution is 5.61. The van der Waals surface area contributed by atoms with Crippen molar-refractivity contribution in [2.24, 2.45) is 5.92 Å². The Hall–Kier alpha value is -1.96. The van der Waals surface area contributed by atoms with E-state index in [2.05, 4.69) is 15.3 Å². The van der Waals surface area contributed by atoms with Crippen LogP contribution >= 0.6 is 0 Å². The fourth-order valence-electron chi connectivity index (χ4n) is 1.54. The molecule has 106 valence electrons. The van der Waals surface area contributed by atoms with Crippen LogP contribution in [0.15, 0.2) is 6.33 Å². The van der Waals surface area contributed by atoms with Crippen LogP contribution in [-0.2, 0) is 4.74 Å². The van der Waals surface area contributed by atoms with Gasteiger partial charge in [-0.15, -0.1) is 0 Å². The van der Waals surface area contributed by atoms with Crippen molar-refractivity contribution < 1.29 is 14.4 Å². The van der Waals surface area contributed by atoms with Gasteiger partial charge in [0.25, 0.3) is 5.88 Å². The van der Waals surface area contributed by atoms with Crippen molar-refractivity contribution in [1.29, 1.82) is 0 Å². The summed E-state index contributed by atoms with van der Waals surface area (Å²) in [7, 11) is 2.90. The molecule has 8 nitrogen and oxygen atoms in total. The minimum absolute atomic E-state index is 0.0672. The van der Waals surface area contributed by atoms with Crippen molar-refractivity contribution in [2.75, 3.05) is 26.1 Å². The fourth-order valence-corrected chi connectivity index (χ4v) is 1.54. The predicted molar refractivity (Wildman–Crippen MR) is 69.4 cm³/mol. The molecule has 1 unspecified atom stereocenters. The number of ether oxygens (including phenoxy) is 2. The number of aromatic nitrogens is 2. The van der Waals surface area contributed by atoms with Gasteiger partial charge in [0.1, 0.15) is 6.33 Å². The quantitative estimate of drug-likeness (QED) is 0.591. The highest BCUT2D eigenvalue weighted by Crippen LogP contribution is 2.31. The number of nitrogens with one attached hydrogen (secondary N) is 1. The fraction of sp³-hybridized carbons (Fsp3) is 0.636. The molecule has 0 bridgehead atoms. The molecule has 1 N–H and O–H groups in total. The van der Waals surface area contributed by atoms with Crippen LogP contribution < -0.4 is 10.1 Å². The zero-order chi connectivity index (χ0) is 14.4. The molecule has 8 heteroatoms. The van der Waals surface area contributed by atoms with E-state index in [0.717, 1.165) is 0 Å². The van der Waals surface area contributed by atoms with E-state index in [1.807, 2.05) is 13.8 Å². The van der Waals surface area contributed by atoms with E-state index >= 15 is 0 Å². The van der Waals surface area contributed by atoms with Crippen molar-refractivity contribution in [3.05, 3.63) is 16.4 Å². The topological polar surface area (TPSA) is 99.4 Å². The average molecular weight is 270 g/mol. The van der Waals surface area contributed by atoms with Crippen LogP contribution in [-0.4, -0.2) is 41.8 Å². The van der Waals surface area contributed by atoms with E-state index in [0.29, 0.717) is 6.61 Å². The van der Waals surface area contributed by atoms with Gasteiger partial charge in [-0.3, -0.25) is 10.1 Å². The van der Waals surface area contributed by atoms with Crippen molar-refractivity contribution in [2.45, 2.75) is 19.9 Å². The molecule has 0 aliphatic heterocycles. The molecule has 1 aromatic rings. The van der Waals surface area contributed by atoms with E-state index < -0.39 is 4.92 Å². The Kier molecular flexibility index (Phi) is 5.43. The van der Waals surface area contributed by atoms with Crippen LogP contribution in [0, 0.1) is 16.0 Å². The molecule has 1 atom stereocenters. The number of rotatable bonds is 7. The van der Waals surface area contributed by atoms with Gasteiger partial charge in [-0.1, -0.05) is 13.8 Å². The van der Waals surface area contributed by atoms with Gasteiger partial charge in [0.05, 0.1) is 24.7 Å². The summed E-state index contributed by atoms with van der Waals surface area (Å²) >= 11 is 0. The monoisotopic (exact) mass is 270 g/mol. The summed E-state index contributed by atoms with van der Waals surface area (Å²) in [6, 6.07) is -0.0942. The Bertz CT molecular complexity index is 439. The molecule has 0 amide bonds. The minimum Gasteiger partial charge on any atom is -0.476 e. The van der Waals surface area contributed by atoms with Crippen molar-refractivity contribution in [3.63, 3.8) is 0 Å². The van der Waals surface area contributed by atoms with Crippen LogP contribution in [0.3, 0.4) is 0 Å². The lowest BCUT2D eigenvalue weighted by atomic mass is 10.1. The number of anilines is 1. The summed E-state index contributed by atoms with van der Waals surface area (Å²) in [5, 5.41) is 14.1. The van der Waals surface area contributed by atoms with Gasteiger partial charge < -0.3 is 14.8 Å². The van der Waals surface area contributed by atoms with Crippen LogP contribution in [0.4, 0.5) is 11.5 Å². The summed E-state index contributed by atoms with van der Waals surface area (Å²) in [5.41, 5.74) is -0.272. The SMILES string of the molecule is COCC(Nc1ncnc(OC)c1[N+](=O)[O-])C(C)C. The normalized spacial score (nSPS) is 12.3. The smallest absolute Gasteiger partial charge is 0.372 e. The molecule has 0 fully saturated rings. The summed E-state index contributed by atoms with van der Waals surface area (Å²) in [5.74, 6) is 0.288. The first kappa shape index (κ1) is 15.1. The molecule has 0 aliphatic rings. The first-order valence-corrected chi connectivity index (χ1v) is 5.80. The van der Waals surface area contributed by atoms with Crippen LogP contribution in [0.1, 0.15) is 13.8 Å². The largest absolute Gasteiger partial charge is 0.476 e. The molecular formula is C11H18N4O4. The van der Waals surface area contributed by atoms with Gasteiger partial charge in [0, 0.05) is 7.11 Å². The Morgan fingerprint density at radius 3 is 2.58 bits per heavy atom. The molecule has 0 spiro atoms. The maximum Gasteiger partial charge on any atom is 0.372 e. The molecular weight excluding hydrogens is 252 g/mol. The second-order valence-electron chi connectivity index (χ2n) is 4.29. The molecule has 0 radical (unpaired) electrons. The maximum atomic E-state index is 11.1. The Balaban J connectivity index is 3.08. The van der Waals surface area contributed by atoms with Gasteiger partial charge in [0.2, 0.25) is 5.82 Å². The minimum atomic E-state index is -0.564. The summed E-state index contributed by atoms with van der Waals surface area (Å²) < 4.78 is 9.97. The lowest BCUT2D eigenvalue weighted by Crippen LogP contribution is -2.31. The van der Waals surface area contributed by atoms with E-state index in [1.165, 1.54) is 13.4 Å². The highest BCUT2D eigenvalue weighted by Gasteiger charge is 2.26. The second-order valence-corrected chi connectivity index (χ2v) is 4.29. The van der Waals surface area contributed by atoms with E-state index in [-0.39, 0.29) is 29.3 Å². The van der Waals surface area contributed by atoms with Crippen molar-refractivity contribution in [1.82, 2.24) is 9.97 Å². The average Bonchev–Trinajstić information content (AvgIpc) is 2.37. The van der Waals surface area contributed by atoms with E-state index in [9.17, 15) is 10.1 Å². The molecule has 1 rings (SSSR count). The van der Waals surface area contributed by atoms with Gasteiger partial charge in [-0.05, 0) is 5.92 Å². The predicted octanol–water partition coefficient (Wildman–Crippen LogP) is 1.48. The Morgan fingerprint density at radius 2 is 2.11 bits per heavy atom. The van der Waals surface area contributed by atoms with Gasteiger partial charge in [-0.25, -0.2) is 4.98 Å². The molecule has 0 saturated heterocycles. The standard InChI is InChI=1S/C11H18N4O4/c1-7(2)8(5-18-3)14-10-9(15(16)17)11(19-4)13-6-12-10/h6-8H,5H2,1-4H3,(H,12,13,14). The third-order valence-electron chi connectivity index (χ3n) is 2.64. The number of methoxy groups -OCH3 is 2. The van der Waals surface area contributed by atoms with Crippen molar-refractivity contribution in [3.8, 4) is 5.88 Å². The third kappa shape index (κ3) is 3.75. The van der Waals surface area contributed by atoms with E-state index in [4.69, 9.17) is 9.47 Å². The summed E-state index contributed by atoms with van der Waals surface area (Å²) in [4.78, 5) is 18.2. The van der Waals surface area contributed by atoms with Gasteiger partial charge >= 0.3 is 5.69 Å². The van der Waals surface area contributed by atoms with Gasteiger partial charge in [-0.2, -0.15) is 4.98 Å². The zero-order valence-corrected chi connectivity index (χ0v) is 11.4. The molecule has 0 saturated carbocycles. The number of nitrogens with zero attached hydrogens (tertiary/aromatic N) is 3. The second kappa shape index (κ2) is 6.83. The first-order chi connectivity index (χ1) is 9.01. The highest BCUT2D eigenvalue weighted by atomic mass is 16.6. The zero-order valence-electron chi connectivity index (χ0n) is 11.4. The van der Waals surface area contributed by atoms with Crippen LogP contribution in [0.25, 0.3) is 0 Å². The van der Waals surface area contributed by atoms with Crippen molar-refractivity contribution >= 4 is 11.5 Å². The van der Waals surface area contributed by atoms with Gasteiger partial charge in [0.15, 0.2) is 0 Å². The summed E-state index contributed by atoms with van der Waals surface area (Å²) in [6.07, 6.45) is 1.22. The van der Waals surface area contributed by atoms with Crippen LogP contribution in [0.5, 0.6) is 5.88 Å². The number of hydrogen-bond acceptors (Lipinski definition) is 7. The molecule has 1 aromatic heterocycles. The lowest BCUT2D eigenvalue weighted by molar-refractivity contribution is -0.385. The summed E-state index contributed by atoms with van der Waals surface area (Å²) in [6.45, 7) is 4.39. The van der Waals surface area contributed by atoms with Crippen LogP contribution in [0.2, 0.25) is 0 Å². The molecule has 1 heterocycles. The maximum absolute atomic E-state index is 11.1. The molecule has 19 heavy (non-hydrogen) atoms. The Labute approximate surface area is 111 Å². The number of hydrogen-bond donors (Lipinski definition) is 1. The molecule has 0 aliphatic carbocycles. The first-order valence-electron chi connectivity index (χ1n) is 5.80. The third-order valence-corrected chi connectivity index (χ3v) is 2.64. The number of nitro groups is 1. The van der Waals surface area contributed by atoms with E-state index in [1.54, 1.807) is 7.11 Å².